The van der Waals surface area contributed by atoms with Gasteiger partial charge in [-0.15, -0.1) is 0 Å². The monoisotopic (exact) mass is 413 g/mol. The molecule has 7 nitrogen and oxygen atoms in total. The number of carbonyl (C=O) groups excluding carboxylic acids is 2. The normalized spacial score (nSPS) is 10.8. The van der Waals surface area contributed by atoms with Crippen molar-refractivity contribution in [3.63, 3.8) is 0 Å². The zero-order valence-electron chi connectivity index (χ0n) is 17.4. The molecule has 0 atom stereocenters. The van der Waals surface area contributed by atoms with Gasteiger partial charge in [0, 0.05) is 31.4 Å². The molecule has 156 valence electrons. The number of hydrogen-bond donors (Lipinski definition) is 1. The van der Waals surface area contributed by atoms with Crippen molar-refractivity contribution in [3.05, 3.63) is 89.7 Å². The zero-order chi connectivity index (χ0) is 21.8. The van der Waals surface area contributed by atoms with Crippen LogP contribution in [-0.2, 0) is 17.8 Å². The van der Waals surface area contributed by atoms with Gasteiger partial charge in [0.1, 0.15) is 0 Å². The first-order valence-electron chi connectivity index (χ1n) is 9.95. The van der Waals surface area contributed by atoms with Crippen molar-refractivity contribution in [1.29, 1.82) is 0 Å². The predicted octanol–water partition coefficient (Wildman–Crippen LogP) is 3.36. The van der Waals surface area contributed by atoms with E-state index in [1.54, 1.807) is 49.6 Å². The van der Waals surface area contributed by atoms with Crippen LogP contribution in [0.15, 0.2) is 73.1 Å². The Hall–Kier alpha value is -4.00. The van der Waals surface area contributed by atoms with Crippen LogP contribution in [0.1, 0.15) is 21.5 Å². The van der Waals surface area contributed by atoms with E-state index in [-0.39, 0.29) is 11.8 Å². The van der Waals surface area contributed by atoms with Crippen LogP contribution >= 0.6 is 0 Å². The highest BCUT2D eigenvalue weighted by atomic mass is 16.2. The molecule has 2 amide bonds. The second-order valence-electron chi connectivity index (χ2n) is 7.54. The Kier molecular flexibility index (Phi) is 5.75. The summed E-state index contributed by atoms with van der Waals surface area (Å²) in [4.78, 5) is 30.5. The van der Waals surface area contributed by atoms with E-state index in [4.69, 9.17) is 0 Å². The van der Waals surface area contributed by atoms with Gasteiger partial charge in [0.15, 0.2) is 5.65 Å². The van der Waals surface area contributed by atoms with Crippen LogP contribution in [0.2, 0.25) is 0 Å². The number of fused-ring (bicyclic) bond motifs is 1. The second kappa shape index (κ2) is 8.79. The lowest BCUT2D eigenvalue weighted by molar-refractivity contribution is -0.127. The molecule has 0 aliphatic heterocycles. The summed E-state index contributed by atoms with van der Waals surface area (Å²) in [5.41, 5.74) is 3.87. The Balaban J connectivity index is 1.45. The summed E-state index contributed by atoms with van der Waals surface area (Å²) in [5.74, 6) is -0.216. The Morgan fingerprint density at radius 1 is 0.968 bits per heavy atom. The highest BCUT2D eigenvalue weighted by molar-refractivity contribution is 6.05. The molecule has 0 unspecified atom stereocenters. The third-order valence-electron chi connectivity index (χ3n) is 4.98. The Labute approximate surface area is 180 Å². The number of likely N-dealkylation sites (N-methyl/N-ethyl adjacent to an activating group) is 1. The molecule has 4 aromatic rings. The van der Waals surface area contributed by atoms with Gasteiger partial charge in [0.05, 0.1) is 24.7 Å². The predicted molar refractivity (Wildman–Crippen MR) is 120 cm³/mol. The number of benzene rings is 2. The van der Waals surface area contributed by atoms with Crippen LogP contribution in [0.4, 0.5) is 5.69 Å². The fraction of sp³-hybridized carbons (Fsp3) is 0.167. The lowest BCUT2D eigenvalue weighted by Crippen LogP contribution is -2.23. The lowest BCUT2D eigenvalue weighted by atomic mass is 10.1. The molecule has 0 fully saturated rings. The highest BCUT2D eigenvalue weighted by Gasteiger charge is 2.12. The maximum Gasteiger partial charge on any atom is 0.257 e. The molecule has 7 heteroatoms. The molecule has 2 aromatic heterocycles. The van der Waals surface area contributed by atoms with Gasteiger partial charge in [0.25, 0.3) is 5.91 Å². The molecule has 0 radical (unpaired) electrons. The number of anilines is 1. The Morgan fingerprint density at radius 3 is 2.42 bits per heavy atom. The van der Waals surface area contributed by atoms with E-state index in [2.05, 4.69) is 15.4 Å². The molecule has 0 saturated carbocycles. The van der Waals surface area contributed by atoms with E-state index in [0.29, 0.717) is 24.2 Å². The summed E-state index contributed by atoms with van der Waals surface area (Å²) in [6.45, 7) is 0.617. The van der Waals surface area contributed by atoms with Gasteiger partial charge in [0.2, 0.25) is 5.91 Å². The van der Waals surface area contributed by atoms with Crippen molar-refractivity contribution >= 4 is 28.5 Å². The number of nitrogens with one attached hydrogen (secondary N) is 1. The fourth-order valence-electron chi connectivity index (χ4n) is 3.21. The minimum absolute atomic E-state index is 0.0315. The first kappa shape index (κ1) is 20.3. The maximum atomic E-state index is 12.7. The van der Waals surface area contributed by atoms with Gasteiger partial charge in [-0.05, 0) is 29.3 Å². The molecular formula is C24H23N5O2. The van der Waals surface area contributed by atoms with Gasteiger partial charge >= 0.3 is 0 Å². The number of amides is 2. The van der Waals surface area contributed by atoms with Crippen molar-refractivity contribution in [2.45, 2.75) is 13.0 Å². The van der Waals surface area contributed by atoms with E-state index in [1.807, 2.05) is 47.1 Å². The van der Waals surface area contributed by atoms with E-state index in [1.165, 1.54) is 0 Å². The minimum Gasteiger partial charge on any atom is -0.349 e. The summed E-state index contributed by atoms with van der Waals surface area (Å²) in [6.07, 6.45) is 3.61. The van der Waals surface area contributed by atoms with Crippen LogP contribution in [0.5, 0.6) is 0 Å². The summed E-state index contributed by atoms with van der Waals surface area (Å²) >= 11 is 0. The van der Waals surface area contributed by atoms with Crippen LogP contribution in [0.25, 0.3) is 11.0 Å². The smallest absolute Gasteiger partial charge is 0.257 e. The molecule has 31 heavy (non-hydrogen) atoms. The molecule has 1 N–H and O–H groups in total. The molecule has 0 spiro atoms. The van der Waals surface area contributed by atoms with Gasteiger partial charge in [-0.2, -0.15) is 5.10 Å². The quantitative estimate of drug-likeness (QED) is 0.526. The Bertz CT molecular complexity index is 1210. The third-order valence-corrected chi connectivity index (χ3v) is 4.98. The topological polar surface area (TPSA) is 80.1 Å². The number of aromatic nitrogens is 3. The van der Waals surface area contributed by atoms with Crippen molar-refractivity contribution < 1.29 is 9.59 Å². The molecular weight excluding hydrogens is 390 g/mol. The van der Waals surface area contributed by atoms with E-state index >= 15 is 0 Å². The molecule has 4 rings (SSSR count). The standard InChI is InChI=1S/C24H23N5O2/c1-28(2)22(30)12-17-8-10-21(11-9-17)27-24(31)20-13-19-15-26-29(23(19)25-14-20)16-18-6-4-3-5-7-18/h3-11,13-15H,12,16H2,1-2H3,(H,27,31). The van der Waals surface area contributed by atoms with Gasteiger partial charge in [-0.1, -0.05) is 42.5 Å². The second-order valence-corrected chi connectivity index (χ2v) is 7.54. The summed E-state index contributed by atoms with van der Waals surface area (Å²) in [6, 6.07) is 19.1. The average molecular weight is 413 g/mol. The first-order chi connectivity index (χ1) is 15.0. The van der Waals surface area contributed by atoms with E-state index in [0.717, 1.165) is 22.2 Å². The van der Waals surface area contributed by atoms with Crippen LogP contribution in [-0.4, -0.2) is 45.6 Å². The van der Waals surface area contributed by atoms with Crippen LogP contribution < -0.4 is 5.32 Å². The molecule has 0 saturated heterocycles. The zero-order valence-corrected chi connectivity index (χ0v) is 17.4. The largest absolute Gasteiger partial charge is 0.349 e. The highest BCUT2D eigenvalue weighted by Crippen LogP contribution is 2.17. The van der Waals surface area contributed by atoms with Gasteiger partial charge < -0.3 is 10.2 Å². The third kappa shape index (κ3) is 4.78. The number of pyridine rings is 1. The Morgan fingerprint density at radius 2 is 1.71 bits per heavy atom. The number of rotatable bonds is 6. The molecule has 2 aromatic carbocycles. The maximum absolute atomic E-state index is 12.7. The lowest BCUT2D eigenvalue weighted by Gasteiger charge is -2.10. The van der Waals surface area contributed by atoms with Crippen molar-refractivity contribution in [2.75, 3.05) is 19.4 Å². The molecule has 2 heterocycles. The van der Waals surface area contributed by atoms with E-state index < -0.39 is 0 Å². The van der Waals surface area contributed by atoms with Crippen molar-refractivity contribution in [2.24, 2.45) is 0 Å². The molecule has 0 aliphatic rings. The summed E-state index contributed by atoms with van der Waals surface area (Å²) < 4.78 is 1.82. The van der Waals surface area contributed by atoms with Crippen LogP contribution in [0.3, 0.4) is 0 Å². The first-order valence-corrected chi connectivity index (χ1v) is 9.95. The SMILES string of the molecule is CN(C)C(=O)Cc1ccc(NC(=O)c2cnc3c(cnn3Cc3ccccc3)c2)cc1. The van der Waals surface area contributed by atoms with Gasteiger partial charge in [-0.25, -0.2) is 9.67 Å². The summed E-state index contributed by atoms with van der Waals surface area (Å²) in [5, 5.41) is 8.09. The molecule has 0 bridgehead atoms. The minimum atomic E-state index is -0.248. The van der Waals surface area contributed by atoms with Crippen molar-refractivity contribution in [3.8, 4) is 0 Å². The average Bonchev–Trinajstić information content (AvgIpc) is 3.17. The number of carbonyl (C=O) groups is 2. The van der Waals surface area contributed by atoms with E-state index in [9.17, 15) is 9.59 Å². The van der Waals surface area contributed by atoms with Gasteiger partial charge in [-0.3, -0.25) is 9.59 Å². The van der Waals surface area contributed by atoms with Crippen LogP contribution in [0, 0.1) is 0 Å². The number of nitrogens with zero attached hydrogens (tertiary/aromatic N) is 4. The summed E-state index contributed by atoms with van der Waals surface area (Å²) in [7, 11) is 3.46. The molecule has 0 aliphatic carbocycles. The number of hydrogen-bond acceptors (Lipinski definition) is 4. The fourth-order valence-corrected chi connectivity index (χ4v) is 3.21. The van der Waals surface area contributed by atoms with Crippen molar-refractivity contribution in [1.82, 2.24) is 19.7 Å².